The summed E-state index contributed by atoms with van der Waals surface area (Å²) in [5.41, 5.74) is 0. The summed E-state index contributed by atoms with van der Waals surface area (Å²) in [6, 6.07) is 4.48. The maximum absolute atomic E-state index is 12.2. The smallest absolute Gasteiger partial charge is 0.247 e. The molecule has 1 unspecified atom stereocenters. The van der Waals surface area contributed by atoms with Crippen molar-refractivity contribution in [3.63, 3.8) is 0 Å². The van der Waals surface area contributed by atoms with Crippen LogP contribution in [0.5, 0.6) is 0 Å². The highest BCUT2D eigenvalue weighted by molar-refractivity contribution is 6.30. The highest BCUT2D eigenvalue weighted by atomic mass is 35.5. The number of pyridine rings is 1. The SMILES string of the molecule is CC(C(=O)N(C)CC(=O)Nc1ccc(Cl)cn1)n1cccn1. The molecule has 22 heavy (non-hydrogen) atoms. The number of halogens is 1. The molecule has 0 fully saturated rings. The van der Waals surface area contributed by atoms with Crippen LogP contribution in [0.15, 0.2) is 36.8 Å². The fourth-order valence-corrected chi connectivity index (χ4v) is 1.98. The second-order valence-electron chi connectivity index (χ2n) is 4.77. The first-order chi connectivity index (χ1) is 10.5. The minimum absolute atomic E-state index is 0.0747. The van der Waals surface area contributed by atoms with Crippen LogP contribution in [0.1, 0.15) is 13.0 Å². The zero-order valence-electron chi connectivity index (χ0n) is 12.2. The molecule has 0 aliphatic heterocycles. The van der Waals surface area contributed by atoms with Crippen LogP contribution in [0.2, 0.25) is 5.02 Å². The Hall–Kier alpha value is -2.41. The average Bonchev–Trinajstić information content (AvgIpc) is 3.02. The Morgan fingerprint density at radius 1 is 1.45 bits per heavy atom. The lowest BCUT2D eigenvalue weighted by Crippen LogP contribution is -2.38. The molecular weight excluding hydrogens is 306 g/mol. The monoisotopic (exact) mass is 321 g/mol. The quantitative estimate of drug-likeness (QED) is 0.907. The summed E-state index contributed by atoms with van der Waals surface area (Å²) in [6.45, 7) is 1.65. The van der Waals surface area contributed by atoms with Gasteiger partial charge in [0.2, 0.25) is 11.8 Å². The first-order valence-corrected chi connectivity index (χ1v) is 7.00. The van der Waals surface area contributed by atoms with Gasteiger partial charge in [-0.2, -0.15) is 5.10 Å². The molecule has 8 heteroatoms. The van der Waals surface area contributed by atoms with E-state index in [1.807, 2.05) is 0 Å². The third-order valence-corrected chi connectivity index (χ3v) is 3.25. The highest BCUT2D eigenvalue weighted by Gasteiger charge is 2.21. The molecule has 2 heterocycles. The number of nitrogens with one attached hydrogen (secondary N) is 1. The van der Waals surface area contributed by atoms with Crippen LogP contribution in [0.4, 0.5) is 5.82 Å². The minimum atomic E-state index is -0.471. The second kappa shape index (κ2) is 7.04. The number of hydrogen-bond acceptors (Lipinski definition) is 4. The second-order valence-corrected chi connectivity index (χ2v) is 5.20. The van der Waals surface area contributed by atoms with Crippen LogP contribution < -0.4 is 5.32 Å². The van der Waals surface area contributed by atoms with Gasteiger partial charge in [-0.05, 0) is 25.1 Å². The van der Waals surface area contributed by atoms with Gasteiger partial charge in [0.15, 0.2) is 0 Å². The molecule has 116 valence electrons. The van der Waals surface area contributed by atoms with Crippen LogP contribution in [0.25, 0.3) is 0 Å². The van der Waals surface area contributed by atoms with E-state index in [9.17, 15) is 9.59 Å². The summed E-state index contributed by atoms with van der Waals surface area (Å²) in [6.07, 6.45) is 4.74. The number of rotatable bonds is 5. The highest BCUT2D eigenvalue weighted by Crippen LogP contribution is 2.10. The maximum Gasteiger partial charge on any atom is 0.247 e. The lowest BCUT2D eigenvalue weighted by molar-refractivity contribution is -0.136. The molecule has 0 aliphatic rings. The van der Waals surface area contributed by atoms with Crippen molar-refractivity contribution < 1.29 is 9.59 Å². The lowest BCUT2D eigenvalue weighted by atomic mass is 10.3. The van der Waals surface area contributed by atoms with Crippen LogP contribution in [0, 0.1) is 0 Å². The van der Waals surface area contributed by atoms with E-state index in [1.54, 1.807) is 44.6 Å². The van der Waals surface area contributed by atoms with Crippen molar-refractivity contribution in [2.24, 2.45) is 0 Å². The first-order valence-electron chi connectivity index (χ1n) is 6.63. The minimum Gasteiger partial charge on any atom is -0.335 e. The van der Waals surface area contributed by atoms with Crippen molar-refractivity contribution in [2.45, 2.75) is 13.0 Å². The van der Waals surface area contributed by atoms with Crippen LogP contribution in [0.3, 0.4) is 0 Å². The Bertz CT molecular complexity index is 642. The van der Waals surface area contributed by atoms with Gasteiger partial charge in [0, 0.05) is 25.6 Å². The molecule has 0 aromatic carbocycles. The third-order valence-electron chi connectivity index (χ3n) is 3.03. The molecule has 0 bridgehead atoms. The third kappa shape index (κ3) is 4.05. The molecule has 1 N–H and O–H groups in total. The van der Waals surface area contributed by atoms with Gasteiger partial charge >= 0.3 is 0 Å². The average molecular weight is 322 g/mol. The molecule has 7 nitrogen and oxygen atoms in total. The van der Waals surface area contributed by atoms with Crippen LogP contribution in [-0.4, -0.2) is 45.1 Å². The molecule has 0 saturated heterocycles. The number of hydrogen-bond donors (Lipinski definition) is 1. The molecule has 2 aromatic heterocycles. The Morgan fingerprint density at radius 2 is 2.23 bits per heavy atom. The Kier molecular flexibility index (Phi) is 5.11. The van der Waals surface area contributed by atoms with Crippen molar-refractivity contribution in [1.82, 2.24) is 19.7 Å². The number of aromatic nitrogens is 3. The number of amides is 2. The number of carbonyl (C=O) groups excluding carboxylic acids is 2. The zero-order chi connectivity index (χ0) is 16.1. The normalized spacial score (nSPS) is 11.8. The fraction of sp³-hybridized carbons (Fsp3) is 0.286. The Morgan fingerprint density at radius 3 is 2.82 bits per heavy atom. The standard InChI is InChI=1S/C14H16ClN5O2/c1-10(20-7-3-6-17-20)14(22)19(2)9-13(21)18-12-5-4-11(15)8-16-12/h3-8,10H,9H2,1-2H3,(H,16,18,21). The summed E-state index contributed by atoms with van der Waals surface area (Å²) in [5.74, 6) is -0.156. The van der Waals surface area contributed by atoms with Gasteiger partial charge in [-0.25, -0.2) is 4.98 Å². The molecule has 1 atom stereocenters. The molecule has 0 radical (unpaired) electrons. The molecule has 0 saturated carbocycles. The molecule has 0 spiro atoms. The molecule has 2 amide bonds. The van der Waals surface area contributed by atoms with E-state index in [4.69, 9.17) is 11.6 Å². The van der Waals surface area contributed by atoms with Crippen LogP contribution >= 0.6 is 11.6 Å². The molecule has 2 rings (SSSR count). The van der Waals surface area contributed by atoms with E-state index < -0.39 is 6.04 Å². The van der Waals surface area contributed by atoms with Gasteiger partial charge in [-0.15, -0.1) is 0 Å². The van der Waals surface area contributed by atoms with Crippen LogP contribution in [-0.2, 0) is 9.59 Å². The summed E-state index contributed by atoms with van der Waals surface area (Å²) < 4.78 is 1.54. The van der Waals surface area contributed by atoms with Gasteiger partial charge in [-0.1, -0.05) is 11.6 Å². The number of nitrogens with zero attached hydrogens (tertiary/aromatic N) is 4. The molecule has 0 aliphatic carbocycles. The van der Waals surface area contributed by atoms with Crippen molar-refractivity contribution in [1.29, 1.82) is 0 Å². The lowest BCUT2D eigenvalue weighted by Gasteiger charge is -2.21. The first kappa shape index (κ1) is 16.0. The van der Waals surface area contributed by atoms with Crippen molar-refractivity contribution in [2.75, 3.05) is 18.9 Å². The van der Waals surface area contributed by atoms with E-state index in [0.717, 1.165) is 0 Å². The molecule has 2 aromatic rings. The van der Waals surface area contributed by atoms with Gasteiger partial charge in [-0.3, -0.25) is 14.3 Å². The zero-order valence-corrected chi connectivity index (χ0v) is 13.0. The summed E-state index contributed by atoms with van der Waals surface area (Å²) in [7, 11) is 1.57. The molecular formula is C14H16ClN5O2. The van der Waals surface area contributed by atoms with E-state index in [0.29, 0.717) is 10.8 Å². The van der Waals surface area contributed by atoms with E-state index in [1.165, 1.54) is 15.8 Å². The van der Waals surface area contributed by atoms with Gasteiger partial charge < -0.3 is 10.2 Å². The topological polar surface area (TPSA) is 80.1 Å². The van der Waals surface area contributed by atoms with Crippen molar-refractivity contribution in [3.8, 4) is 0 Å². The Balaban J connectivity index is 1.90. The predicted molar refractivity (Wildman–Crippen MR) is 82.5 cm³/mol. The van der Waals surface area contributed by atoms with Gasteiger partial charge in [0.1, 0.15) is 11.9 Å². The summed E-state index contributed by atoms with van der Waals surface area (Å²) in [5, 5.41) is 7.11. The number of anilines is 1. The number of carbonyl (C=O) groups is 2. The maximum atomic E-state index is 12.2. The van der Waals surface area contributed by atoms with Crippen molar-refractivity contribution in [3.05, 3.63) is 41.8 Å². The summed E-state index contributed by atoms with van der Waals surface area (Å²) >= 11 is 5.72. The summed E-state index contributed by atoms with van der Waals surface area (Å²) in [4.78, 5) is 29.5. The van der Waals surface area contributed by atoms with E-state index in [2.05, 4.69) is 15.4 Å². The number of likely N-dealkylation sites (N-methyl/N-ethyl adjacent to an activating group) is 1. The van der Waals surface area contributed by atoms with E-state index >= 15 is 0 Å². The van der Waals surface area contributed by atoms with Gasteiger partial charge in [0.25, 0.3) is 0 Å². The fourth-order valence-electron chi connectivity index (χ4n) is 1.87. The van der Waals surface area contributed by atoms with Gasteiger partial charge in [0.05, 0.1) is 11.6 Å². The predicted octanol–water partition coefficient (Wildman–Crippen LogP) is 1.59. The van der Waals surface area contributed by atoms with Crippen molar-refractivity contribution >= 4 is 29.2 Å². The Labute approximate surface area is 132 Å². The largest absolute Gasteiger partial charge is 0.335 e. The van der Waals surface area contributed by atoms with E-state index in [-0.39, 0.29) is 18.4 Å².